The number of ether oxygens (including phenoxy) is 6. The molecule has 0 aliphatic carbocycles. The van der Waals surface area contributed by atoms with Crippen LogP contribution in [0, 0.1) is 0 Å². The predicted molar refractivity (Wildman–Crippen MR) is 133 cm³/mol. The SMILES string of the molecule is CO[C@H]1O[C@H](COCc2ccccc2)[C@@H](OC)[C@H](OCc2ccccc2)[C@H]1OCc1ccccc1. The van der Waals surface area contributed by atoms with E-state index in [9.17, 15) is 0 Å². The zero-order valence-corrected chi connectivity index (χ0v) is 20.3. The summed E-state index contributed by atoms with van der Waals surface area (Å²) in [6, 6.07) is 30.1. The van der Waals surface area contributed by atoms with Gasteiger partial charge in [0.05, 0.1) is 26.4 Å². The summed E-state index contributed by atoms with van der Waals surface area (Å²) < 4.78 is 36.7. The molecule has 0 radical (unpaired) electrons. The fraction of sp³-hybridized carbons (Fsp3) is 0.379. The maximum Gasteiger partial charge on any atom is 0.186 e. The van der Waals surface area contributed by atoms with E-state index >= 15 is 0 Å². The van der Waals surface area contributed by atoms with Gasteiger partial charge in [-0.05, 0) is 16.7 Å². The second kappa shape index (κ2) is 13.5. The molecule has 1 aliphatic rings. The molecular weight excluding hydrogens is 444 g/mol. The van der Waals surface area contributed by atoms with E-state index in [1.54, 1.807) is 14.2 Å². The molecule has 0 unspecified atom stereocenters. The molecule has 0 N–H and O–H groups in total. The van der Waals surface area contributed by atoms with Crippen LogP contribution in [0.1, 0.15) is 16.7 Å². The van der Waals surface area contributed by atoms with E-state index < -0.39 is 24.6 Å². The van der Waals surface area contributed by atoms with Gasteiger partial charge in [0.15, 0.2) is 6.29 Å². The zero-order valence-electron chi connectivity index (χ0n) is 20.3. The van der Waals surface area contributed by atoms with Gasteiger partial charge in [0.1, 0.15) is 24.4 Å². The highest BCUT2D eigenvalue weighted by atomic mass is 16.7. The molecule has 0 bridgehead atoms. The van der Waals surface area contributed by atoms with Gasteiger partial charge < -0.3 is 28.4 Å². The Morgan fingerprint density at radius 2 is 1.06 bits per heavy atom. The fourth-order valence-electron chi connectivity index (χ4n) is 4.25. The van der Waals surface area contributed by atoms with Gasteiger partial charge in [0.2, 0.25) is 0 Å². The summed E-state index contributed by atoms with van der Waals surface area (Å²) in [5.74, 6) is 0. The third-order valence-corrected chi connectivity index (χ3v) is 6.06. The van der Waals surface area contributed by atoms with Crippen molar-refractivity contribution in [1.29, 1.82) is 0 Å². The second-order valence-corrected chi connectivity index (χ2v) is 8.50. The van der Waals surface area contributed by atoms with Crippen LogP contribution in [0.3, 0.4) is 0 Å². The third-order valence-electron chi connectivity index (χ3n) is 6.06. The lowest BCUT2D eigenvalue weighted by molar-refractivity contribution is -0.319. The Morgan fingerprint density at radius 1 is 0.571 bits per heavy atom. The molecule has 6 heteroatoms. The minimum Gasteiger partial charge on any atom is -0.376 e. The molecule has 0 amide bonds. The maximum absolute atomic E-state index is 6.43. The molecular formula is C29H34O6. The summed E-state index contributed by atoms with van der Waals surface area (Å²) in [6.07, 6.45) is -2.32. The van der Waals surface area contributed by atoms with Gasteiger partial charge >= 0.3 is 0 Å². The van der Waals surface area contributed by atoms with Gasteiger partial charge in [-0.1, -0.05) is 91.0 Å². The molecule has 0 saturated carbocycles. The number of methoxy groups -OCH3 is 2. The van der Waals surface area contributed by atoms with Crippen molar-refractivity contribution in [3.63, 3.8) is 0 Å². The topological polar surface area (TPSA) is 55.4 Å². The lowest BCUT2D eigenvalue weighted by atomic mass is 9.98. The molecule has 1 saturated heterocycles. The molecule has 6 nitrogen and oxygen atoms in total. The molecule has 3 aromatic rings. The van der Waals surface area contributed by atoms with Gasteiger partial charge in [0.25, 0.3) is 0 Å². The van der Waals surface area contributed by atoms with E-state index in [4.69, 9.17) is 28.4 Å². The summed E-state index contributed by atoms with van der Waals surface area (Å²) in [5.41, 5.74) is 3.23. The van der Waals surface area contributed by atoms with Crippen molar-refractivity contribution >= 4 is 0 Å². The largest absolute Gasteiger partial charge is 0.376 e. The van der Waals surface area contributed by atoms with E-state index in [0.717, 1.165) is 16.7 Å². The highest BCUT2D eigenvalue weighted by molar-refractivity contribution is 5.15. The number of rotatable bonds is 12. The zero-order chi connectivity index (χ0) is 24.3. The molecule has 0 spiro atoms. The van der Waals surface area contributed by atoms with E-state index in [0.29, 0.717) is 26.4 Å². The van der Waals surface area contributed by atoms with Crippen LogP contribution in [-0.2, 0) is 48.2 Å². The summed E-state index contributed by atoms with van der Waals surface area (Å²) in [7, 11) is 3.28. The van der Waals surface area contributed by atoms with Crippen molar-refractivity contribution in [3.05, 3.63) is 108 Å². The van der Waals surface area contributed by atoms with E-state index in [1.165, 1.54) is 0 Å². The van der Waals surface area contributed by atoms with Crippen LogP contribution in [0.5, 0.6) is 0 Å². The number of hydrogen-bond donors (Lipinski definition) is 0. The van der Waals surface area contributed by atoms with Gasteiger partial charge in [-0.3, -0.25) is 0 Å². The highest BCUT2D eigenvalue weighted by Gasteiger charge is 2.48. The molecule has 1 heterocycles. The van der Waals surface area contributed by atoms with Crippen molar-refractivity contribution in [2.75, 3.05) is 20.8 Å². The van der Waals surface area contributed by atoms with E-state index in [1.807, 2.05) is 91.0 Å². The van der Waals surface area contributed by atoms with Crippen LogP contribution in [0.25, 0.3) is 0 Å². The molecule has 186 valence electrons. The summed E-state index contributed by atoms with van der Waals surface area (Å²) in [5, 5.41) is 0. The Kier molecular flexibility index (Phi) is 9.84. The highest BCUT2D eigenvalue weighted by Crippen LogP contribution is 2.30. The third kappa shape index (κ3) is 7.21. The smallest absolute Gasteiger partial charge is 0.186 e. The fourth-order valence-corrected chi connectivity index (χ4v) is 4.25. The van der Waals surface area contributed by atoms with Gasteiger partial charge in [-0.15, -0.1) is 0 Å². The van der Waals surface area contributed by atoms with Crippen molar-refractivity contribution < 1.29 is 28.4 Å². The normalized spacial score (nSPS) is 24.3. The molecule has 1 aliphatic heterocycles. The number of benzene rings is 3. The van der Waals surface area contributed by atoms with Crippen molar-refractivity contribution in [1.82, 2.24) is 0 Å². The summed E-state index contributed by atoms with van der Waals surface area (Å²) in [6.45, 7) is 1.65. The Labute approximate surface area is 207 Å². The first-order chi connectivity index (χ1) is 17.3. The van der Waals surface area contributed by atoms with Crippen LogP contribution in [0.15, 0.2) is 91.0 Å². The Morgan fingerprint density at radius 3 is 1.54 bits per heavy atom. The summed E-state index contributed by atoms with van der Waals surface area (Å²) in [4.78, 5) is 0. The van der Waals surface area contributed by atoms with Gasteiger partial charge in [-0.2, -0.15) is 0 Å². The molecule has 1 fully saturated rings. The monoisotopic (exact) mass is 478 g/mol. The quantitative estimate of drug-likeness (QED) is 0.374. The minimum atomic E-state index is -0.629. The van der Waals surface area contributed by atoms with Gasteiger partial charge in [-0.25, -0.2) is 0 Å². The Bertz CT molecular complexity index is 968. The lowest BCUT2D eigenvalue weighted by Crippen LogP contribution is -2.61. The van der Waals surface area contributed by atoms with Crippen LogP contribution in [0.4, 0.5) is 0 Å². The first kappa shape index (κ1) is 25.5. The van der Waals surface area contributed by atoms with Crippen molar-refractivity contribution in [3.8, 4) is 0 Å². The van der Waals surface area contributed by atoms with Crippen LogP contribution >= 0.6 is 0 Å². The molecule has 35 heavy (non-hydrogen) atoms. The molecule has 4 rings (SSSR count). The van der Waals surface area contributed by atoms with E-state index in [2.05, 4.69) is 0 Å². The Hall–Kier alpha value is -2.58. The molecule has 0 aromatic heterocycles. The minimum absolute atomic E-state index is 0.337. The Balaban J connectivity index is 1.48. The van der Waals surface area contributed by atoms with Crippen LogP contribution < -0.4 is 0 Å². The maximum atomic E-state index is 6.43. The predicted octanol–water partition coefficient (Wildman–Crippen LogP) is 4.76. The van der Waals surface area contributed by atoms with E-state index in [-0.39, 0.29) is 6.10 Å². The standard InChI is InChI=1S/C29H34O6/c1-30-26-25(21-32-18-22-12-6-3-7-13-22)35-29(31-2)28(34-20-24-16-10-5-11-17-24)27(26)33-19-23-14-8-4-9-15-23/h3-17,25-29H,18-21H2,1-2H3/t25-,26-,27+,28-,29+/m1/s1. The molecule has 5 atom stereocenters. The molecule has 3 aromatic carbocycles. The average molecular weight is 479 g/mol. The second-order valence-electron chi connectivity index (χ2n) is 8.50. The first-order valence-corrected chi connectivity index (χ1v) is 11.9. The first-order valence-electron chi connectivity index (χ1n) is 11.9. The summed E-state index contributed by atoms with van der Waals surface area (Å²) >= 11 is 0. The van der Waals surface area contributed by atoms with Crippen LogP contribution in [-0.4, -0.2) is 51.5 Å². The van der Waals surface area contributed by atoms with Crippen molar-refractivity contribution in [2.45, 2.75) is 50.5 Å². The average Bonchev–Trinajstić information content (AvgIpc) is 2.92. The number of hydrogen-bond acceptors (Lipinski definition) is 6. The van der Waals surface area contributed by atoms with Gasteiger partial charge in [0, 0.05) is 14.2 Å². The van der Waals surface area contributed by atoms with Crippen molar-refractivity contribution in [2.24, 2.45) is 0 Å². The van der Waals surface area contributed by atoms with Crippen LogP contribution in [0.2, 0.25) is 0 Å². The lowest BCUT2D eigenvalue weighted by Gasteiger charge is -2.45.